The quantitative estimate of drug-likeness (QED) is 0.0159. The van der Waals surface area contributed by atoms with Crippen LogP contribution < -0.4 is 30.9 Å². The predicted molar refractivity (Wildman–Crippen MR) is 372 cm³/mol. The summed E-state index contributed by atoms with van der Waals surface area (Å²) >= 11 is 1.41. The molecule has 3 aromatic carbocycles. The Morgan fingerprint density at radius 3 is 2.32 bits per heavy atom. The Morgan fingerprint density at radius 2 is 1.56 bits per heavy atom. The number of amides is 6. The molecule has 102 heavy (non-hydrogen) atoms. The topological polar surface area (TPSA) is 382 Å². The fourth-order valence-corrected chi connectivity index (χ4v) is 17.4. The molecule has 5 fully saturated rings. The normalized spacial score (nSPS) is 24.9. The monoisotopic (exact) mass is 1420 g/mol. The van der Waals surface area contributed by atoms with Crippen molar-refractivity contribution in [1.29, 1.82) is 0 Å². The summed E-state index contributed by atoms with van der Waals surface area (Å²) in [7, 11) is 0. The highest BCUT2D eigenvalue weighted by atomic mass is 32.1. The van der Waals surface area contributed by atoms with Crippen molar-refractivity contribution in [3.63, 3.8) is 0 Å². The molecule has 4 bridgehead atoms. The number of carbonyl (C=O) groups is 8. The number of fused-ring (bicyclic) bond motifs is 2. The minimum atomic E-state index is -1.97. The third-order valence-corrected chi connectivity index (χ3v) is 20.9. The van der Waals surface area contributed by atoms with Gasteiger partial charge in [0.25, 0.3) is 17.7 Å². The van der Waals surface area contributed by atoms with Crippen LogP contribution in [0.25, 0.3) is 27.4 Å². The van der Waals surface area contributed by atoms with Crippen molar-refractivity contribution in [1.82, 2.24) is 35.3 Å². The molecule has 1 saturated heterocycles. The van der Waals surface area contributed by atoms with Gasteiger partial charge in [-0.05, 0) is 146 Å². The molecule has 4 saturated carbocycles. The molecule has 9 N–H and O–H groups in total. The van der Waals surface area contributed by atoms with Crippen molar-refractivity contribution < 1.29 is 87.6 Å². The molecule has 0 spiro atoms. The van der Waals surface area contributed by atoms with Gasteiger partial charge in [-0.15, -0.1) is 0 Å². The van der Waals surface area contributed by atoms with Gasteiger partial charge in [-0.2, -0.15) is 5.10 Å². The summed E-state index contributed by atoms with van der Waals surface area (Å²) in [6.45, 7) is 9.31. The fourth-order valence-electron chi connectivity index (χ4n) is 16.6. The number of thiazole rings is 1. The van der Waals surface area contributed by atoms with E-state index in [1.807, 2.05) is 65.0 Å². The molecule has 29 heteroatoms. The molecule has 540 valence electrons. The minimum Gasteiger partial charge on any atom is -0.479 e. The van der Waals surface area contributed by atoms with E-state index in [4.69, 9.17) is 33.8 Å². The number of nitrogens with one attached hydrogen (secondary N) is 4. The lowest BCUT2D eigenvalue weighted by Crippen LogP contribution is -2.64. The number of anilines is 3. The van der Waals surface area contributed by atoms with Gasteiger partial charge in [-0.25, -0.2) is 24.4 Å². The van der Waals surface area contributed by atoms with E-state index in [2.05, 4.69) is 40.1 Å². The number of pyridine rings is 1. The maximum Gasteiger partial charge on any atom is 0.407 e. The molecule has 3 unspecified atom stereocenters. The first kappa shape index (κ1) is 72.3. The maximum atomic E-state index is 13.8. The largest absolute Gasteiger partial charge is 0.479 e. The van der Waals surface area contributed by atoms with Gasteiger partial charge in [0.05, 0.1) is 47.5 Å². The molecule has 3 aliphatic heterocycles. The number of para-hydroxylation sites is 1. The van der Waals surface area contributed by atoms with Crippen LogP contribution in [0.15, 0.2) is 97.2 Å². The summed E-state index contributed by atoms with van der Waals surface area (Å²) < 4.78 is 32.3. The highest BCUT2D eigenvalue weighted by Gasteiger charge is 2.66. The van der Waals surface area contributed by atoms with Gasteiger partial charge < -0.3 is 70.1 Å². The van der Waals surface area contributed by atoms with Crippen LogP contribution >= 0.6 is 11.3 Å². The van der Waals surface area contributed by atoms with Gasteiger partial charge >= 0.3 is 18.0 Å². The number of aromatic nitrogens is 4. The number of alkyl carbamates (subject to hydrolysis) is 1. The second-order valence-corrected chi connectivity index (χ2v) is 29.2. The van der Waals surface area contributed by atoms with Crippen molar-refractivity contribution in [3.8, 4) is 16.9 Å². The molecule has 0 radical (unpaired) electrons. The van der Waals surface area contributed by atoms with Crippen LogP contribution in [-0.4, -0.2) is 187 Å². The number of carboxylic acid groups (broad SMARTS) is 2. The molecule has 6 amide bonds. The summed E-state index contributed by atoms with van der Waals surface area (Å²) in [5.74, 6) is -4.29. The Bertz CT molecular complexity index is 4200. The number of imide groups is 1. The number of carboxylic acids is 2. The van der Waals surface area contributed by atoms with Crippen LogP contribution in [0, 0.1) is 23.2 Å². The van der Waals surface area contributed by atoms with E-state index < -0.39 is 54.6 Å². The maximum absolute atomic E-state index is 13.8. The molecule has 6 aromatic rings. The molecule has 28 nitrogen and oxygen atoms in total. The van der Waals surface area contributed by atoms with Gasteiger partial charge in [0.2, 0.25) is 18.1 Å². The zero-order valence-corrected chi connectivity index (χ0v) is 57.7. The van der Waals surface area contributed by atoms with Crippen LogP contribution in [0.4, 0.5) is 21.4 Å². The van der Waals surface area contributed by atoms with Crippen molar-refractivity contribution in [2.45, 2.75) is 147 Å². The standard InChI is InChI=1S/C73H84N10O18S/c1-43-48(46-18-20-54(79-59(46)65(92)93)81-28-24-45-12-9-13-47(49(45)35-81)64(91)80-68-78-50-14-6-7-15-53(50)102-68)34-76-83(43)42-72-37-70(2)36-71(3,38-72)40-73(39-70,41-72)99-32-31-97-30-26-75-69(96)98-29-10-11-44-17-19-52(100-67-62(90)60(88)61(89)63(101-67)66(94)95)51(33-44)77-56(85)23-25-74-55(84)16-5-4-8-27-82-57(86)21-22-58(82)87/h6-7,9-15,17-22,33-34,60-63,67,88-90H,4-5,8,16,23-32,35-42H2,1-3H3,(H,74,84)(H,75,96)(H,77,85)(H,92,93)(H,94,95)(H,78,80,91)/b11-10+/t60-,61-,62-,63-,67?,70?,71?,72?,73?/m0/s1. The minimum absolute atomic E-state index is 0.0220. The molecule has 7 atom stereocenters. The summed E-state index contributed by atoms with van der Waals surface area (Å²) in [6.07, 6.45) is 4.95. The van der Waals surface area contributed by atoms with Crippen molar-refractivity contribution in [2.24, 2.45) is 16.2 Å². The van der Waals surface area contributed by atoms with Crippen LogP contribution in [0.1, 0.15) is 128 Å². The lowest BCUT2D eigenvalue weighted by molar-refractivity contribution is -0.271. The number of aliphatic carboxylic acids is 1. The number of nitrogens with zero attached hydrogens (tertiary/aromatic N) is 6. The highest BCUT2D eigenvalue weighted by Crippen LogP contribution is 2.72. The lowest BCUT2D eigenvalue weighted by Gasteiger charge is -2.69. The SMILES string of the molecule is Cc1c(-c2ccc(N3CCc4cccc(C(=O)Nc5nc6ccccc6s5)c4C3)nc2C(=O)O)cnn1CC12CC3(C)CC(C)(C1)CC(OCCOCCNC(=O)OC/C=C/c1ccc(OC4O[C@H](C(=O)O)[C@@H](O)[C@H](O)[C@@H]4O)c(NC(=O)CCNC(=O)CCCCCN4C(=O)C=CC4=O)c1)(C3)C2. The Hall–Kier alpha value is -9.49. The van der Waals surface area contributed by atoms with Crippen molar-refractivity contribution in [3.05, 3.63) is 131 Å². The fraction of sp³-hybridized carbons (Fsp3) is 0.466. The second-order valence-electron chi connectivity index (χ2n) is 28.2. The van der Waals surface area contributed by atoms with Crippen molar-refractivity contribution >= 4 is 91.8 Å². The van der Waals surface area contributed by atoms with Crippen LogP contribution in [0.3, 0.4) is 0 Å². The Morgan fingerprint density at radius 1 is 0.775 bits per heavy atom. The number of aromatic carboxylic acids is 1. The van der Waals surface area contributed by atoms with E-state index in [1.54, 1.807) is 24.4 Å². The van der Waals surface area contributed by atoms with E-state index >= 15 is 0 Å². The van der Waals surface area contributed by atoms with Crippen LogP contribution in [0.5, 0.6) is 5.75 Å². The number of hydrogen-bond donors (Lipinski definition) is 9. The van der Waals surface area contributed by atoms with Crippen LogP contribution in [-0.2, 0) is 62.4 Å². The second kappa shape index (κ2) is 30.6. The van der Waals surface area contributed by atoms with Crippen LogP contribution in [0.2, 0.25) is 0 Å². The van der Waals surface area contributed by atoms with Gasteiger partial charge in [-0.1, -0.05) is 68.0 Å². The zero-order valence-electron chi connectivity index (χ0n) is 56.9. The molecule has 3 aromatic heterocycles. The molecular formula is C73H84N10O18S. The van der Waals surface area contributed by atoms with E-state index in [9.17, 15) is 63.9 Å². The Balaban J connectivity index is 0.601. The molecule has 6 heterocycles. The van der Waals surface area contributed by atoms with E-state index in [1.165, 1.54) is 41.7 Å². The van der Waals surface area contributed by atoms with Gasteiger partial charge in [0.15, 0.2) is 16.9 Å². The number of hydrogen-bond acceptors (Lipinski definition) is 21. The number of carbonyl (C=O) groups excluding carboxylic acids is 6. The third kappa shape index (κ3) is 16.5. The third-order valence-electron chi connectivity index (χ3n) is 19.9. The number of aliphatic hydroxyl groups excluding tert-OH is 3. The smallest absolute Gasteiger partial charge is 0.407 e. The van der Waals surface area contributed by atoms with E-state index in [0.717, 1.165) is 70.5 Å². The summed E-state index contributed by atoms with van der Waals surface area (Å²) in [6, 6.07) is 21.5. The zero-order chi connectivity index (χ0) is 72.1. The van der Waals surface area contributed by atoms with Gasteiger partial charge in [0.1, 0.15) is 36.5 Å². The molecular weight excluding hydrogens is 1340 g/mol. The first-order valence-electron chi connectivity index (χ1n) is 34.3. The average molecular weight is 1420 g/mol. The summed E-state index contributed by atoms with van der Waals surface area (Å²) in [5.41, 5.74) is 5.19. The Labute approximate surface area is 591 Å². The first-order valence-corrected chi connectivity index (χ1v) is 35.1. The predicted octanol–water partition coefficient (Wildman–Crippen LogP) is 7.17. The molecule has 13 rings (SSSR count). The van der Waals surface area contributed by atoms with E-state index in [0.29, 0.717) is 85.1 Å². The number of unbranched alkanes of at least 4 members (excludes halogenated alkanes) is 2. The van der Waals surface area contributed by atoms with Gasteiger partial charge in [-0.3, -0.25) is 38.9 Å². The van der Waals surface area contributed by atoms with E-state index in [-0.39, 0.29) is 115 Å². The molecule has 7 aliphatic rings. The molecule has 4 aliphatic carbocycles. The van der Waals surface area contributed by atoms with Crippen molar-refractivity contribution in [2.75, 3.05) is 68.1 Å². The number of ether oxygens (including phenoxy) is 5. The lowest BCUT2D eigenvalue weighted by atomic mass is 9.39. The average Bonchev–Trinajstić information content (AvgIpc) is 0.893. The summed E-state index contributed by atoms with van der Waals surface area (Å²) in [4.78, 5) is 113. The number of benzene rings is 3. The van der Waals surface area contributed by atoms with Gasteiger partial charge in [0, 0.05) is 86.6 Å². The Kier molecular flexibility index (Phi) is 21.7. The summed E-state index contributed by atoms with van der Waals surface area (Å²) in [5, 5.41) is 68.0. The first-order chi connectivity index (χ1) is 48.9. The number of aliphatic hydroxyl groups is 3. The number of rotatable bonds is 30. The highest BCUT2D eigenvalue weighted by molar-refractivity contribution is 7.22.